The third-order valence-corrected chi connectivity index (χ3v) is 7.64. The van der Waals surface area contributed by atoms with E-state index < -0.39 is 77.9 Å². The van der Waals surface area contributed by atoms with Gasteiger partial charge in [-0.2, -0.15) is 13.0 Å². The summed E-state index contributed by atoms with van der Waals surface area (Å²) >= 11 is 0. The van der Waals surface area contributed by atoms with Gasteiger partial charge >= 0.3 is 29.2 Å². The number of phosphoric ester groups is 1. The summed E-state index contributed by atoms with van der Waals surface area (Å²) in [5, 5.41) is 21.1. The summed E-state index contributed by atoms with van der Waals surface area (Å²) < 4.78 is 76.5. The van der Waals surface area contributed by atoms with Crippen LogP contribution < -0.4 is 11.2 Å². The molecule has 192 valence electrons. The van der Waals surface area contributed by atoms with Gasteiger partial charge in [-0.1, -0.05) is 11.8 Å². The normalized spacial score (nSPS) is 28.5. The highest BCUT2D eigenvalue weighted by Gasteiger charge is 2.57. The number of aliphatic hydroxyl groups is 2. The summed E-state index contributed by atoms with van der Waals surface area (Å²) in [5.41, 5.74) is -5.73. The zero-order chi connectivity index (χ0) is 26.1. The predicted molar refractivity (Wildman–Crippen MR) is 99.7 cm³/mol. The largest absolute Gasteiger partial charge is 0.490 e. The number of H-pyrrole nitrogens is 1. The molecule has 0 aliphatic carbocycles. The Kier molecular flexibility index (Phi) is 8.56. The van der Waals surface area contributed by atoms with E-state index in [9.17, 15) is 47.2 Å². The molecule has 1 aliphatic heterocycles. The summed E-state index contributed by atoms with van der Waals surface area (Å²) in [5.74, 6) is 2.02. The third kappa shape index (κ3) is 6.97. The van der Waals surface area contributed by atoms with Crippen molar-refractivity contribution in [2.24, 2.45) is 0 Å². The Morgan fingerprint density at radius 2 is 1.79 bits per heavy atom. The lowest BCUT2D eigenvalue weighted by atomic mass is 9.94. The number of aliphatic hydroxyl groups excluding tert-OH is 1. The highest BCUT2D eigenvalue weighted by atomic mass is 31.3. The standard InChI is InChI=1S/C12H15F2N2O15P3/c13-3-1-2-12(20)8(17)7(29-10(12)16-4-6(14)9(18)15-11(16)19)5-28-33(24,25)31-34(26,27)30-32(21,22)23/h4,7-8,10,17,20H,3,5H2,(H,24,25)(H,26,27)(H,15,18,19)(H2,21,22,23)/t7-,8+,10-,12?/m1/s1. The Bertz CT molecular complexity index is 1250. The summed E-state index contributed by atoms with van der Waals surface area (Å²) in [7, 11) is -17.2. The number of halogens is 2. The minimum Gasteiger partial charge on any atom is -0.386 e. The topological polar surface area (TPSA) is 264 Å². The molecule has 1 saturated heterocycles. The first-order valence-corrected chi connectivity index (χ1v) is 12.8. The van der Waals surface area contributed by atoms with Gasteiger partial charge in [0, 0.05) is 0 Å². The van der Waals surface area contributed by atoms with Crippen molar-refractivity contribution in [1.82, 2.24) is 9.55 Å². The van der Waals surface area contributed by atoms with Crippen LogP contribution in [-0.4, -0.2) is 70.4 Å². The van der Waals surface area contributed by atoms with Crippen molar-refractivity contribution >= 4 is 23.5 Å². The van der Waals surface area contributed by atoms with Crippen molar-refractivity contribution in [3.63, 3.8) is 0 Å². The lowest BCUT2D eigenvalue weighted by Crippen LogP contribution is -2.48. The summed E-state index contributed by atoms with van der Waals surface area (Å²) in [4.78, 5) is 60.3. The highest BCUT2D eigenvalue weighted by Crippen LogP contribution is 2.66. The van der Waals surface area contributed by atoms with Crippen molar-refractivity contribution in [3.8, 4) is 11.8 Å². The smallest absolute Gasteiger partial charge is 0.386 e. The molecule has 2 heterocycles. The monoisotopic (exact) mass is 558 g/mol. The molecule has 1 aliphatic rings. The first-order valence-electron chi connectivity index (χ1n) is 8.32. The Hall–Kier alpha value is -1.61. The van der Waals surface area contributed by atoms with Crippen LogP contribution in [0.5, 0.6) is 0 Å². The lowest BCUT2D eigenvalue weighted by molar-refractivity contribution is -0.0766. The fourth-order valence-electron chi connectivity index (χ4n) is 2.60. The van der Waals surface area contributed by atoms with Gasteiger partial charge in [-0.3, -0.25) is 18.9 Å². The molecule has 34 heavy (non-hydrogen) atoms. The van der Waals surface area contributed by atoms with Crippen molar-refractivity contribution in [2.75, 3.05) is 13.3 Å². The van der Waals surface area contributed by atoms with E-state index >= 15 is 0 Å². The second kappa shape index (κ2) is 10.2. The van der Waals surface area contributed by atoms with Crippen molar-refractivity contribution in [3.05, 3.63) is 32.9 Å². The van der Waals surface area contributed by atoms with Crippen LogP contribution in [0.1, 0.15) is 6.23 Å². The molecule has 3 unspecified atom stereocenters. The Morgan fingerprint density at radius 3 is 2.35 bits per heavy atom. The average molecular weight is 558 g/mol. The number of aromatic amines is 1. The Morgan fingerprint density at radius 1 is 1.18 bits per heavy atom. The maximum Gasteiger partial charge on any atom is 0.490 e. The molecule has 0 amide bonds. The first-order chi connectivity index (χ1) is 15.4. The minimum atomic E-state index is -5.87. The van der Waals surface area contributed by atoms with E-state index in [1.165, 1.54) is 4.98 Å². The molecule has 22 heteroatoms. The number of alkyl halides is 1. The van der Waals surface area contributed by atoms with Crippen LogP contribution in [-0.2, 0) is 31.6 Å². The van der Waals surface area contributed by atoms with Crippen LogP contribution in [0, 0.1) is 17.7 Å². The average Bonchev–Trinajstić information content (AvgIpc) is 2.90. The number of hydrogen-bond acceptors (Lipinski definition) is 11. The second-order valence-electron chi connectivity index (χ2n) is 6.26. The molecular formula is C12H15F2N2O15P3. The maximum atomic E-state index is 13.7. The molecule has 0 radical (unpaired) electrons. The fourth-order valence-corrected chi connectivity index (χ4v) is 5.63. The van der Waals surface area contributed by atoms with E-state index in [1.54, 1.807) is 5.92 Å². The van der Waals surface area contributed by atoms with Crippen molar-refractivity contribution in [2.45, 2.75) is 24.0 Å². The van der Waals surface area contributed by atoms with Crippen LogP contribution in [0.15, 0.2) is 15.8 Å². The molecule has 1 aromatic heterocycles. The van der Waals surface area contributed by atoms with Crippen molar-refractivity contribution in [1.29, 1.82) is 0 Å². The number of hydrogen-bond donors (Lipinski definition) is 7. The van der Waals surface area contributed by atoms with E-state index in [-0.39, 0.29) is 10.8 Å². The molecule has 0 aromatic carbocycles. The molecule has 0 bridgehead atoms. The molecule has 1 fully saturated rings. The lowest BCUT2D eigenvalue weighted by Gasteiger charge is -2.26. The van der Waals surface area contributed by atoms with E-state index in [4.69, 9.17) is 19.4 Å². The Labute approximate surface area is 186 Å². The predicted octanol–water partition coefficient (Wildman–Crippen LogP) is -2.02. The SMILES string of the molecule is O=c1[nH]c(=O)n([C@@H]2O[C@H](COP(=O)(O)OP(=O)(O)OP(=O)(O)O)[C@H](O)C2(O)C#CCF)cc1F. The summed E-state index contributed by atoms with van der Waals surface area (Å²) in [6, 6.07) is 0. The zero-order valence-electron chi connectivity index (χ0n) is 16.1. The molecular weight excluding hydrogens is 543 g/mol. The van der Waals surface area contributed by atoms with Gasteiger partial charge in [-0.15, -0.1) is 0 Å². The molecule has 7 N–H and O–H groups in total. The van der Waals surface area contributed by atoms with Gasteiger partial charge in [0.2, 0.25) is 5.82 Å². The van der Waals surface area contributed by atoms with Crippen LogP contribution in [0.4, 0.5) is 8.78 Å². The van der Waals surface area contributed by atoms with Crippen molar-refractivity contribution < 1.29 is 70.1 Å². The van der Waals surface area contributed by atoms with Gasteiger partial charge in [0.25, 0.3) is 5.56 Å². The third-order valence-electron chi connectivity index (χ3n) is 3.83. The van der Waals surface area contributed by atoms with Crippen LogP contribution in [0.2, 0.25) is 0 Å². The molecule has 0 spiro atoms. The van der Waals surface area contributed by atoms with Crippen LogP contribution in [0.3, 0.4) is 0 Å². The molecule has 6 atom stereocenters. The highest BCUT2D eigenvalue weighted by molar-refractivity contribution is 7.66. The number of nitrogens with one attached hydrogen (secondary N) is 1. The summed E-state index contributed by atoms with van der Waals surface area (Å²) in [6.45, 7) is -2.68. The van der Waals surface area contributed by atoms with Crippen LogP contribution in [0.25, 0.3) is 0 Å². The van der Waals surface area contributed by atoms with E-state index in [2.05, 4.69) is 13.1 Å². The zero-order valence-corrected chi connectivity index (χ0v) is 18.8. The molecule has 1 aromatic rings. The fraction of sp³-hybridized carbons (Fsp3) is 0.500. The maximum absolute atomic E-state index is 13.7. The van der Waals surface area contributed by atoms with Gasteiger partial charge in [-0.05, 0) is 0 Å². The molecule has 2 rings (SSSR count). The van der Waals surface area contributed by atoms with Gasteiger partial charge in [0.05, 0.1) is 12.8 Å². The van der Waals surface area contributed by atoms with Gasteiger partial charge in [0.1, 0.15) is 18.9 Å². The minimum absolute atomic E-state index is 0.220. The van der Waals surface area contributed by atoms with E-state index in [0.29, 0.717) is 0 Å². The van der Waals surface area contributed by atoms with Gasteiger partial charge in [0.15, 0.2) is 11.8 Å². The van der Waals surface area contributed by atoms with Crippen LogP contribution >= 0.6 is 23.5 Å². The number of nitrogens with zero attached hydrogens (tertiary/aromatic N) is 1. The second-order valence-corrected chi connectivity index (χ2v) is 10.7. The quantitative estimate of drug-likeness (QED) is 0.134. The molecule has 17 nitrogen and oxygen atoms in total. The van der Waals surface area contributed by atoms with E-state index in [1.807, 2.05) is 5.92 Å². The first kappa shape index (κ1) is 28.6. The number of ether oxygens (including phenoxy) is 1. The van der Waals surface area contributed by atoms with Gasteiger partial charge < -0.3 is 34.5 Å². The number of rotatable bonds is 8. The molecule has 0 saturated carbocycles. The number of aromatic nitrogens is 2. The number of phosphoric acid groups is 3. The Balaban J connectivity index is 2.31. The summed E-state index contributed by atoms with van der Waals surface area (Å²) in [6.07, 6.45) is -6.14. The van der Waals surface area contributed by atoms with Gasteiger partial charge in [-0.25, -0.2) is 22.9 Å². The van der Waals surface area contributed by atoms with E-state index in [0.717, 1.165) is 0 Å².